The van der Waals surface area contributed by atoms with Gasteiger partial charge in [-0.15, -0.1) is 0 Å². The highest BCUT2D eigenvalue weighted by Crippen LogP contribution is 2.50. The van der Waals surface area contributed by atoms with E-state index in [-0.39, 0.29) is 31.5 Å². The summed E-state index contributed by atoms with van der Waals surface area (Å²) in [5.74, 6) is -4.59. The Bertz CT molecular complexity index is 1860. The van der Waals surface area contributed by atoms with E-state index in [1.54, 1.807) is 48.5 Å². The molecule has 4 aromatic rings. The highest BCUT2D eigenvalue weighted by molar-refractivity contribution is 6.43. The van der Waals surface area contributed by atoms with Crippen molar-refractivity contribution in [2.45, 2.75) is 24.3 Å². The van der Waals surface area contributed by atoms with Crippen LogP contribution in [0.1, 0.15) is 0 Å². The number of hydrogen-bond donors (Lipinski definition) is 0. The minimum Gasteiger partial charge on any atom is -0.273 e. The van der Waals surface area contributed by atoms with Gasteiger partial charge in [-0.3, -0.25) is 28.9 Å². The molecule has 0 unspecified atom stereocenters. The van der Waals surface area contributed by atoms with Gasteiger partial charge >= 0.3 is 0 Å². The third-order valence-corrected chi connectivity index (χ3v) is 10.5. The molecule has 0 spiro atoms. The summed E-state index contributed by atoms with van der Waals surface area (Å²) in [5.41, 5.74) is 1.52. The van der Waals surface area contributed by atoms with Crippen LogP contribution in [0.4, 0.5) is 22.7 Å². The lowest BCUT2D eigenvalue weighted by Gasteiger charge is -2.37. The van der Waals surface area contributed by atoms with Gasteiger partial charge in [-0.2, -0.15) is 0 Å². The Kier molecular flexibility index (Phi) is 7.63. The molecular weight excluding hydrogens is 702 g/mol. The lowest BCUT2D eigenvalue weighted by molar-refractivity contribution is -0.128. The van der Waals surface area contributed by atoms with Gasteiger partial charge in [-0.05, 0) is 60.7 Å². The van der Waals surface area contributed by atoms with Crippen LogP contribution >= 0.6 is 46.4 Å². The standard InChI is InChI=1S/C34H22Cl4N4O6/c35-21-13-11-19(15-23(21)37)39-31(43)25-27(41(47-29(25)33(39)45)17-7-3-1-4-8-17)28-26-30(48-42(28)18-9-5-2-6-10-18)34(46)40(32(26)44)20-12-14-22(36)24(38)16-20/h1-16,25-30H/t25-,26-,27+,28+,29-,30+/m1/s1. The molecule has 48 heavy (non-hydrogen) atoms. The summed E-state index contributed by atoms with van der Waals surface area (Å²) in [5, 5.41) is 3.82. The van der Waals surface area contributed by atoms with Crippen LogP contribution in [-0.2, 0) is 28.9 Å². The second-order valence-corrected chi connectivity index (χ2v) is 13.3. The molecule has 0 bridgehead atoms. The Hall–Kier alpha value is -4.16. The molecule has 4 amide bonds. The lowest BCUT2D eigenvalue weighted by atomic mass is 9.82. The highest BCUT2D eigenvalue weighted by Gasteiger charge is 2.69. The fourth-order valence-corrected chi connectivity index (χ4v) is 7.54. The number of rotatable bonds is 5. The molecule has 4 aromatic carbocycles. The average molecular weight is 724 g/mol. The zero-order chi connectivity index (χ0) is 33.4. The highest BCUT2D eigenvalue weighted by atomic mass is 35.5. The maximum absolute atomic E-state index is 14.4. The monoisotopic (exact) mass is 722 g/mol. The third kappa shape index (κ3) is 4.70. The lowest BCUT2D eigenvalue weighted by Crippen LogP contribution is -2.55. The van der Waals surface area contributed by atoms with E-state index in [0.29, 0.717) is 11.4 Å². The molecule has 242 valence electrons. The fraction of sp³-hybridized carbons (Fsp3) is 0.176. The summed E-state index contributed by atoms with van der Waals surface area (Å²) in [6, 6.07) is 24.8. The topological polar surface area (TPSA) is 99.7 Å². The molecule has 0 aliphatic carbocycles. The number of anilines is 4. The van der Waals surface area contributed by atoms with Crippen molar-refractivity contribution < 1.29 is 28.9 Å². The number of hydroxylamine groups is 2. The van der Waals surface area contributed by atoms with E-state index in [0.717, 1.165) is 9.80 Å². The van der Waals surface area contributed by atoms with Gasteiger partial charge in [0.2, 0.25) is 11.8 Å². The largest absolute Gasteiger partial charge is 0.273 e. The fourth-order valence-electron chi connectivity index (χ4n) is 6.96. The summed E-state index contributed by atoms with van der Waals surface area (Å²) in [6.45, 7) is 0. The van der Waals surface area contributed by atoms with Gasteiger partial charge < -0.3 is 0 Å². The number of carbonyl (C=O) groups excluding carboxylic acids is 4. The molecule has 10 nitrogen and oxygen atoms in total. The number of amides is 4. The zero-order valence-electron chi connectivity index (χ0n) is 24.5. The Labute approximate surface area is 293 Å². The molecule has 0 saturated carbocycles. The number of imide groups is 2. The quantitative estimate of drug-likeness (QED) is 0.220. The molecule has 4 heterocycles. The second kappa shape index (κ2) is 11.8. The molecule has 4 fully saturated rings. The molecule has 14 heteroatoms. The van der Waals surface area contributed by atoms with Crippen molar-refractivity contribution >= 4 is 92.8 Å². The van der Waals surface area contributed by atoms with Crippen LogP contribution < -0.4 is 19.9 Å². The van der Waals surface area contributed by atoms with Crippen molar-refractivity contribution in [1.29, 1.82) is 0 Å². The average Bonchev–Trinajstić information content (AvgIpc) is 3.80. The molecular formula is C34H22Cl4N4O6. The van der Waals surface area contributed by atoms with Crippen molar-refractivity contribution in [1.82, 2.24) is 0 Å². The van der Waals surface area contributed by atoms with Crippen LogP contribution in [0.15, 0.2) is 97.1 Å². The van der Waals surface area contributed by atoms with Crippen LogP contribution in [0.5, 0.6) is 0 Å². The summed E-state index contributed by atoms with van der Waals surface area (Å²) >= 11 is 24.8. The Morgan fingerprint density at radius 3 is 1.17 bits per heavy atom. The minimum absolute atomic E-state index is 0.162. The van der Waals surface area contributed by atoms with E-state index < -0.39 is 59.8 Å². The maximum Gasteiger partial charge on any atom is 0.266 e. The number of benzene rings is 4. The van der Waals surface area contributed by atoms with Crippen LogP contribution in [0.2, 0.25) is 20.1 Å². The predicted octanol–water partition coefficient (Wildman–Crippen LogP) is 6.36. The molecule has 0 N–H and O–H groups in total. The van der Waals surface area contributed by atoms with Crippen molar-refractivity contribution in [3.63, 3.8) is 0 Å². The van der Waals surface area contributed by atoms with E-state index in [4.69, 9.17) is 56.1 Å². The summed E-state index contributed by atoms with van der Waals surface area (Å²) < 4.78 is 0. The molecule has 4 saturated heterocycles. The van der Waals surface area contributed by atoms with Crippen LogP contribution in [0.25, 0.3) is 0 Å². The second-order valence-electron chi connectivity index (χ2n) is 11.6. The predicted molar refractivity (Wildman–Crippen MR) is 180 cm³/mol. The van der Waals surface area contributed by atoms with Crippen molar-refractivity contribution in [3.8, 4) is 0 Å². The van der Waals surface area contributed by atoms with Gasteiger partial charge in [0.25, 0.3) is 11.8 Å². The Morgan fingerprint density at radius 1 is 0.438 bits per heavy atom. The smallest absolute Gasteiger partial charge is 0.266 e. The third-order valence-electron chi connectivity index (χ3n) is 9.02. The Balaban J connectivity index is 1.27. The first kappa shape index (κ1) is 31.1. The molecule has 4 aliphatic heterocycles. The molecule has 6 atom stereocenters. The normalized spacial score (nSPS) is 26.6. The number of nitrogens with zero attached hydrogens (tertiary/aromatic N) is 4. The first-order valence-electron chi connectivity index (χ1n) is 14.8. The maximum atomic E-state index is 14.4. The van der Waals surface area contributed by atoms with Crippen molar-refractivity contribution in [2.75, 3.05) is 19.9 Å². The van der Waals surface area contributed by atoms with Gasteiger partial charge in [-0.1, -0.05) is 82.8 Å². The number of fused-ring (bicyclic) bond motifs is 2. The minimum atomic E-state index is -1.26. The first-order valence-corrected chi connectivity index (χ1v) is 16.3. The molecule has 8 rings (SSSR count). The summed E-state index contributed by atoms with van der Waals surface area (Å²) in [6.07, 6.45) is -2.51. The van der Waals surface area contributed by atoms with E-state index in [1.807, 2.05) is 12.1 Å². The van der Waals surface area contributed by atoms with E-state index in [9.17, 15) is 19.2 Å². The Morgan fingerprint density at radius 2 is 0.812 bits per heavy atom. The molecule has 0 radical (unpaired) electrons. The number of hydrogen-bond acceptors (Lipinski definition) is 8. The molecule has 4 aliphatic rings. The van der Waals surface area contributed by atoms with E-state index >= 15 is 0 Å². The van der Waals surface area contributed by atoms with Crippen molar-refractivity contribution in [3.05, 3.63) is 117 Å². The van der Waals surface area contributed by atoms with E-state index in [2.05, 4.69) is 0 Å². The van der Waals surface area contributed by atoms with Crippen LogP contribution in [-0.4, -0.2) is 47.9 Å². The number of para-hydroxylation sites is 2. The van der Waals surface area contributed by atoms with Gasteiger partial charge in [-0.25, -0.2) is 19.9 Å². The summed E-state index contributed by atoms with van der Waals surface area (Å²) in [7, 11) is 0. The van der Waals surface area contributed by atoms with Crippen LogP contribution in [0, 0.1) is 11.8 Å². The van der Waals surface area contributed by atoms with E-state index in [1.165, 1.54) is 46.5 Å². The van der Waals surface area contributed by atoms with Crippen LogP contribution in [0.3, 0.4) is 0 Å². The van der Waals surface area contributed by atoms with Gasteiger partial charge in [0, 0.05) is 0 Å². The zero-order valence-corrected chi connectivity index (χ0v) is 27.5. The van der Waals surface area contributed by atoms with Gasteiger partial charge in [0.1, 0.15) is 11.8 Å². The van der Waals surface area contributed by atoms with Crippen molar-refractivity contribution in [2.24, 2.45) is 11.8 Å². The summed E-state index contributed by atoms with van der Waals surface area (Å²) in [4.78, 5) is 71.7. The molecule has 0 aromatic heterocycles. The van der Waals surface area contributed by atoms with Gasteiger partial charge in [0.05, 0.1) is 54.9 Å². The SMILES string of the molecule is O=C1[C@@H]2[C@@H]([C@@H]3[C@H]4C(=O)N(c5ccc(Cl)c(Cl)c5)C(=O)[C@@H]4ON3c3ccccc3)N(c3ccccc3)O[C@@H]2C(=O)N1c1ccc(Cl)c(Cl)c1. The number of halogens is 4. The number of carbonyl (C=O) groups is 4. The first-order chi connectivity index (χ1) is 23.2. The van der Waals surface area contributed by atoms with Gasteiger partial charge in [0.15, 0.2) is 12.2 Å².